The minimum absolute atomic E-state index is 0.00620. The Kier molecular flexibility index (Phi) is 4.73. The maximum absolute atomic E-state index is 11.0. The van der Waals surface area contributed by atoms with Crippen LogP contribution in [0.2, 0.25) is 0 Å². The minimum Gasteiger partial charge on any atom is -0.466 e. The van der Waals surface area contributed by atoms with Crippen molar-refractivity contribution < 1.29 is 9.53 Å². The topological polar surface area (TPSA) is 26.3 Å². The molecule has 0 unspecified atom stereocenters. The van der Waals surface area contributed by atoms with Crippen molar-refractivity contribution in [2.75, 3.05) is 11.9 Å². The maximum Gasteiger partial charge on any atom is 0.306 e. The molecular weight excluding hydrogens is 208 g/mol. The van der Waals surface area contributed by atoms with E-state index in [4.69, 9.17) is 4.74 Å². The molecule has 3 heteroatoms. The van der Waals surface area contributed by atoms with Gasteiger partial charge in [0.2, 0.25) is 0 Å². The van der Waals surface area contributed by atoms with Crippen LogP contribution in [0, 0.1) is 5.41 Å². The van der Waals surface area contributed by atoms with Gasteiger partial charge in [-0.3, -0.25) is 4.79 Å². The molecule has 0 N–H and O–H groups in total. The summed E-state index contributed by atoms with van der Waals surface area (Å²) in [5, 5.41) is 0.818. The quantitative estimate of drug-likeness (QED) is 0.540. The van der Waals surface area contributed by atoms with Crippen molar-refractivity contribution >= 4 is 21.9 Å². The molecular formula is C8H15BrO2. The van der Waals surface area contributed by atoms with Crippen molar-refractivity contribution in [2.24, 2.45) is 5.41 Å². The molecule has 0 amide bonds. The van der Waals surface area contributed by atoms with Gasteiger partial charge in [0.05, 0.1) is 13.0 Å². The summed E-state index contributed by atoms with van der Waals surface area (Å²) >= 11 is 3.34. The van der Waals surface area contributed by atoms with Gasteiger partial charge in [0.15, 0.2) is 0 Å². The van der Waals surface area contributed by atoms with Crippen LogP contribution in [0.25, 0.3) is 0 Å². The van der Waals surface area contributed by atoms with Crippen LogP contribution < -0.4 is 0 Å². The predicted octanol–water partition coefficient (Wildman–Crippen LogP) is 2.36. The zero-order valence-electron chi connectivity index (χ0n) is 7.32. The molecule has 0 aliphatic carbocycles. The Bertz CT molecular complexity index is 132. The van der Waals surface area contributed by atoms with E-state index in [1.807, 2.05) is 20.8 Å². The van der Waals surface area contributed by atoms with Crippen LogP contribution in [0.3, 0.4) is 0 Å². The van der Waals surface area contributed by atoms with E-state index >= 15 is 0 Å². The number of esters is 1. The zero-order chi connectivity index (χ0) is 8.91. The van der Waals surface area contributed by atoms with E-state index in [1.54, 1.807) is 0 Å². The van der Waals surface area contributed by atoms with Gasteiger partial charge in [-0.15, -0.1) is 0 Å². The van der Waals surface area contributed by atoms with Crippen molar-refractivity contribution in [1.82, 2.24) is 0 Å². The predicted molar refractivity (Wildman–Crippen MR) is 48.8 cm³/mol. The Morgan fingerprint density at radius 1 is 1.55 bits per heavy atom. The Balaban J connectivity index is 3.74. The minimum atomic E-state index is -0.114. The number of carbonyl (C=O) groups is 1. The first-order valence-corrected chi connectivity index (χ1v) is 4.85. The molecule has 0 aromatic heterocycles. The molecule has 11 heavy (non-hydrogen) atoms. The monoisotopic (exact) mass is 222 g/mol. The third-order valence-corrected chi connectivity index (χ3v) is 2.81. The SMILES string of the molecule is CCOC(=O)CC(C)(C)CBr. The van der Waals surface area contributed by atoms with Gasteiger partial charge in [-0.2, -0.15) is 0 Å². The summed E-state index contributed by atoms with van der Waals surface area (Å²) < 4.78 is 4.82. The lowest BCUT2D eigenvalue weighted by Crippen LogP contribution is -2.20. The molecule has 0 saturated carbocycles. The fourth-order valence-corrected chi connectivity index (χ4v) is 0.848. The lowest BCUT2D eigenvalue weighted by molar-refractivity contribution is -0.145. The molecule has 0 aromatic carbocycles. The third-order valence-electron chi connectivity index (χ3n) is 1.29. The van der Waals surface area contributed by atoms with Gasteiger partial charge in [-0.05, 0) is 12.3 Å². The van der Waals surface area contributed by atoms with Crippen LogP contribution in [-0.2, 0) is 9.53 Å². The fraction of sp³-hybridized carbons (Fsp3) is 0.875. The highest BCUT2D eigenvalue weighted by molar-refractivity contribution is 9.09. The molecule has 0 aliphatic rings. The van der Waals surface area contributed by atoms with Gasteiger partial charge in [0.25, 0.3) is 0 Å². The number of ether oxygens (including phenoxy) is 1. The molecule has 2 nitrogen and oxygen atoms in total. The van der Waals surface area contributed by atoms with E-state index < -0.39 is 0 Å². The van der Waals surface area contributed by atoms with Gasteiger partial charge in [0.1, 0.15) is 0 Å². The summed E-state index contributed by atoms with van der Waals surface area (Å²) in [4.78, 5) is 11.0. The van der Waals surface area contributed by atoms with Crippen molar-refractivity contribution in [3.8, 4) is 0 Å². The first kappa shape index (κ1) is 11.0. The van der Waals surface area contributed by atoms with E-state index in [1.165, 1.54) is 0 Å². The third kappa shape index (κ3) is 5.24. The van der Waals surface area contributed by atoms with Gasteiger partial charge in [0, 0.05) is 5.33 Å². The summed E-state index contributed by atoms with van der Waals surface area (Å²) in [5.41, 5.74) is 0.00620. The molecule has 0 bridgehead atoms. The van der Waals surface area contributed by atoms with E-state index in [-0.39, 0.29) is 11.4 Å². The Morgan fingerprint density at radius 2 is 2.09 bits per heavy atom. The van der Waals surface area contributed by atoms with Gasteiger partial charge in [-0.25, -0.2) is 0 Å². The highest BCUT2D eigenvalue weighted by Crippen LogP contribution is 2.23. The average molecular weight is 223 g/mol. The zero-order valence-corrected chi connectivity index (χ0v) is 8.90. The molecule has 0 saturated heterocycles. The number of carbonyl (C=O) groups excluding carboxylic acids is 1. The van der Waals surface area contributed by atoms with Crippen molar-refractivity contribution in [3.05, 3.63) is 0 Å². The Hall–Kier alpha value is -0.0500. The summed E-state index contributed by atoms with van der Waals surface area (Å²) in [7, 11) is 0. The van der Waals surface area contributed by atoms with E-state index in [9.17, 15) is 4.79 Å². The highest BCUT2D eigenvalue weighted by Gasteiger charge is 2.20. The smallest absolute Gasteiger partial charge is 0.306 e. The lowest BCUT2D eigenvalue weighted by Gasteiger charge is -2.19. The summed E-state index contributed by atoms with van der Waals surface area (Å²) in [6.07, 6.45) is 0.478. The molecule has 0 heterocycles. The first-order valence-electron chi connectivity index (χ1n) is 3.73. The molecule has 0 atom stereocenters. The average Bonchev–Trinajstić information content (AvgIpc) is 1.87. The second-order valence-electron chi connectivity index (χ2n) is 3.28. The molecule has 0 aromatic rings. The van der Waals surface area contributed by atoms with Crippen LogP contribution in [0.15, 0.2) is 0 Å². The van der Waals surface area contributed by atoms with Crippen LogP contribution >= 0.6 is 15.9 Å². The molecule has 66 valence electrons. The van der Waals surface area contributed by atoms with Crippen LogP contribution in [0.5, 0.6) is 0 Å². The molecule has 0 fully saturated rings. The first-order chi connectivity index (χ1) is 5.02. The molecule has 0 radical (unpaired) electrons. The van der Waals surface area contributed by atoms with E-state index in [0.29, 0.717) is 13.0 Å². The lowest BCUT2D eigenvalue weighted by atomic mass is 9.92. The van der Waals surface area contributed by atoms with Crippen molar-refractivity contribution in [1.29, 1.82) is 0 Å². The second-order valence-corrected chi connectivity index (χ2v) is 3.84. The Labute approximate surface area is 76.4 Å². The number of halogens is 1. The summed E-state index contributed by atoms with van der Waals surface area (Å²) in [6, 6.07) is 0. The van der Waals surface area contributed by atoms with E-state index in [2.05, 4.69) is 15.9 Å². The highest BCUT2D eigenvalue weighted by atomic mass is 79.9. The largest absolute Gasteiger partial charge is 0.466 e. The number of alkyl halides is 1. The van der Waals surface area contributed by atoms with Gasteiger partial charge >= 0.3 is 5.97 Å². The van der Waals surface area contributed by atoms with Crippen LogP contribution in [-0.4, -0.2) is 17.9 Å². The summed E-state index contributed by atoms with van der Waals surface area (Å²) in [5.74, 6) is -0.114. The normalized spacial score (nSPS) is 11.3. The standard InChI is InChI=1S/C8H15BrO2/c1-4-11-7(10)5-8(2,3)6-9/h4-6H2,1-3H3. The van der Waals surface area contributed by atoms with Crippen molar-refractivity contribution in [3.63, 3.8) is 0 Å². The Morgan fingerprint density at radius 3 is 2.45 bits per heavy atom. The number of rotatable bonds is 4. The summed E-state index contributed by atoms with van der Waals surface area (Å²) in [6.45, 7) is 6.34. The second kappa shape index (κ2) is 4.75. The number of hydrogen-bond donors (Lipinski definition) is 0. The van der Waals surface area contributed by atoms with E-state index in [0.717, 1.165) is 5.33 Å². The van der Waals surface area contributed by atoms with Crippen LogP contribution in [0.1, 0.15) is 27.2 Å². The van der Waals surface area contributed by atoms with Gasteiger partial charge in [-0.1, -0.05) is 29.8 Å². The molecule has 0 rings (SSSR count). The maximum atomic E-state index is 11.0. The molecule has 0 spiro atoms. The number of hydrogen-bond acceptors (Lipinski definition) is 2. The van der Waals surface area contributed by atoms with Crippen LogP contribution in [0.4, 0.5) is 0 Å². The van der Waals surface area contributed by atoms with Crippen molar-refractivity contribution in [2.45, 2.75) is 27.2 Å². The van der Waals surface area contributed by atoms with Gasteiger partial charge < -0.3 is 4.74 Å². The molecule has 0 aliphatic heterocycles. The fourth-order valence-electron chi connectivity index (χ4n) is 0.650.